The van der Waals surface area contributed by atoms with Crippen molar-refractivity contribution in [1.29, 1.82) is 0 Å². The zero-order valence-corrected chi connectivity index (χ0v) is 9.99. The Balaban J connectivity index is 2.91. The number of carbonyl (C=O) groups is 1. The van der Waals surface area contributed by atoms with Crippen molar-refractivity contribution in [3.8, 4) is 5.75 Å². The molecule has 0 amide bonds. The van der Waals surface area contributed by atoms with Gasteiger partial charge in [0.25, 0.3) is 0 Å². The van der Waals surface area contributed by atoms with E-state index in [-0.39, 0.29) is 0 Å². The first kappa shape index (κ1) is 12.7. The molecular formula is C11H14O4S. The van der Waals surface area contributed by atoms with Crippen LogP contribution in [0.4, 0.5) is 0 Å². The summed E-state index contributed by atoms with van der Waals surface area (Å²) in [7, 11) is 0.0231. The van der Waals surface area contributed by atoms with Crippen LogP contribution in [0.3, 0.4) is 0 Å². The highest BCUT2D eigenvalue weighted by Gasteiger charge is 2.23. The van der Waals surface area contributed by atoms with E-state index in [1.165, 1.54) is 7.11 Å². The molecule has 0 radical (unpaired) electrons. The lowest BCUT2D eigenvalue weighted by molar-refractivity contribution is -0.136. The zero-order chi connectivity index (χ0) is 12.1. The van der Waals surface area contributed by atoms with Crippen LogP contribution in [-0.4, -0.2) is 27.6 Å². The summed E-state index contributed by atoms with van der Waals surface area (Å²) >= 11 is 0. The van der Waals surface area contributed by atoms with Crippen LogP contribution < -0.4 is 4.74 Å². The van der Waals surface area contributed by atoms with Gasteiger partial charge in [0, 0.05) is 4.90 Å². The van der Waals surface area contributed by atoms with Crippen molar-refractivity contribution < 1.29 is 18.8 Å². The van der Waals surface area contributed by atoms with Crippen molar-refractivity contribution in [3.05, 3.63) is 24.3 Å². The van der Waals surface area contributed by atoms with Gasteiger partial charge in [-0.1, -0.05) is 6.92 Å². The fourth-order valence-electron chi connectivity index (χ4n) is 1.29. The van der Waals surface area contributed by atoms with Crippen LogP contribution in [0.15, 0.2) is 29.2 Å². The molecule has 0 aromatic heterocycles. The first-order valence-corrected chi connectivity index (χ1v) is 6.08. The number of rotatable bonds is 5. The lowest BCUT2D eigenvalue weighted by Gasteiger charge is -2.09. The molecule has 0 aliphatic rings. The molecule has 2 unspecified atom stereocenters. The first-order chi connectivity index (χ1) is 7.60. The van der Waals surface area contributed by atoms with E-state index in [9.17, 15) is 9.00 Å². The highest BCUT2D eigenvalue weighted by atomic mass is 32.2. The van der Waals surface area contributed by atoms with Crippen LogP contribution in [0.2, 0.25) is 0 Å². The van der Waals surface area contributed by atoms with E-state index in [1.54, 1.807) is 31.2 Å². The maximum absolute atomic E-state index is 11.9. The fourth-order valence-corrected chi connectivity index (χ4v) is 2.51. The third-order valence-corrected chi connectivity index (χ3v) is 3.98. The van der Waals surface area contributed by atoms with Crippen molar-refractivity contribution in [2.75, 3.05) is 7.11 Å². The molecular weight excluding hydrogens is 228 g/mol. The third-order valence-electron chi connectivity index (χ3n) is 2.20. The molecule has 0 aliphatic carbocycles. The van der Waals surface area contributed by atoms with E-state index in [1.807, 2.05) is 0 Å². The van der Waals surface area contributed by atoms with Gasteiger partial charge in [0.15, 0.2) is 0 Å². The number of benzene rings is 1. The number of carboxylic acid groups (broad SMARTS) is 1. The van der Waals surface area contributed by atoms with E-state index >= 15 is 0 Å². The summed E-state index contributed by atoms with van der Waals surface area (Å²) in [6.07, 6.45) is 0.341. The molecule has 4 nitrogen and oxygen atoms in total. The van der Waals surface area contributed by atoms with Gasteiger partial charge in [0.1, 0.15) is 11.0 Å². The molecule has 5 heteroatoms. The van der Waals surface area contributed by atoms with Crippen molar-refractivity contribution in [3.63, 3.8) is 0 Å². The van der Waals surface area contributed by atoms with Gasteiger partial charge in [0.2, 0.25) is 0 Å². The Bertz CT molecular complexity index is 385. The second-order valence-corrected chi connectivity index (χ2v) is 4.84. The molecule has 0 heterocycles. The maximum atomic E-state index is 11.9. The van der Waals surface area contributed by atoms with E-state index in [0.29, 0.717) is 17.1 Å². The quantitative estimate of drug-likeness (QED) is 0.853. The highest BCUT2D eigenvalue weighted by molar-refractivity contribution is 7.86. The summed E-state index contributed by atoms with van der Waals surface area (Å²) in [5.41, 5.74) is 0. The summed E-state index contributed by atoms with van der Waals surface area (Å²) in [5.74, 6) is -0.374. The second kappa shape index (κ2) is 5.65. The number of aliphatic carboxylic acids is 1. The Morgan fingerprint density at radius 3 is 2.38 bits per heavy atom. The Morgan fingerprint density at radius 1 is 1.44 bits per heavy atom. The minimum atomic E-state index is -1.52. The van der Waals surface area contributed by atoms with Gasteiger partial charge in [-0.05, 0) is 30.7 Å². The van der Waals surface area contributed by atoms with Crippen LogP contribution >= 0.6 is 0 Å². The smallest absolute Gasteiger partial charge is 0.319 e. The number of hydrogen-bond donors (Lipinski definition) is 1. The van der Waals surface area contributed by atoms with E-state index in [0.717, 1.165) is 0 Å². The summed E-state index contributed by atoms with van der Waals surface area (Å²) < 4.78 is 16.9. The average molecular weight is 242 g/mol. The Morgan fingerprint density at radius 2 is 2.00 bits per heavy atom. The molecule has 0 saturated carbocycles. The Labute approximate surface area is 96.7 Å². The number of ether oxygens (including phenoxy) is 1. The van der Waals surface area contributed by atoms with Gasteiger partial charge in [-0.3, -0.25) is 9.00 Å². The highest BCUT2D eigenvalue weighted by Crippen LogP contribution is 2.18. The van der Waals surface area contributed by atoms with Crippen LogP contribution in [0, 0.1) is 0 Å². The number of carboxylic acids is 1. The molecule has 0 saturated heterocycles. The summed E-state index contributed by atoms with van der Waals surface area (Å²) in [4.78, 5) is 11.4. The number of methoxy groups -OCH3 is 1. The molecule has 0 aliphatic heterocycles. The fraction of sp³-hybridized carbons (Fsp3) is 0.364. The lowest BCUT2D eigenvalue weighted by Crippen LogP contribution is -2.24. The second-order valence-electron chi connectivity index (χ2n) is 3.21. The Kier molecular flexibility index (Phi) is 4.49. The topological polar surface area (TPSA) is 63.6 Å². The molecule has 2 atom stereocenters. The van der Waals surface area contributed by atoms with Gasteiger partial charge in [-0.25, -0.2) is 0 Å². The van der Waals surface area contributed by atoms with Gasteiger partial charge in [-0.2, -0.15) is 0 Å². The van der Waals surface area contributed by atoms with Crippen molar-refractivity contribution in [2.24, 2.45) is 0 Å². The van der Waals surface area contributed by atoms with Crippen molar-refractivity contribution in [1.82, 2.24) is 0 Å². The van der Waals surface area contributed by atoms with Crippen LogP contribution in [0.5, 0.6) is 5.75 Å². The van der Waals surface area contributed by atoms with Crippen LogP contribution in [0.1, 0.15) is 13.3 Å². The molecule has 0 bridgehead atoms. The van der Waals surface area contributed by atoms with Crippen LogP contribution in [-0.2, 0) is 15.6 Å². The molecule has 1 N–H and O–H groups in total. The molecule has 88 valence electrons. The molecule has 16 heavy (non-hydrogen) atoms. The maximum Gasteiger partial charge on any atom is 0.319 e. The van der Waals surface area contributed by atoms with Gasteiger partial charge >= 0.3 is 5.97 Å². The lowest BCUT2D eigenvalue weighted by atomic mass is 10.3. The Hall–Kier alpha value is -1.36. The van der Waals surface area contributed by atoms with Gasteiger partial charge in [-0.15, -0.1) is 0 Å². The zero-order valence-electron chi connectivity index (χ0n) is 9.17. The number of hydrogen-bond acceptors (Lipinski definition) is 3. The molecule has 1 aromatic carbocycles. The monoisotopic (exact) mass is 242 g/mol. The van der Waals surface area contributed by atoms with E-state index in [4.69, 9.17) is 9.84 Å². The summed E-state index contributed by atoms with van der Waals surface area (Å²) in [5, 5.41) is 8.03. The summed E-state index contributed by atoms with van der Waals surface area (Å²) in [6, 6.07) is 6.59. The minimum absolute atomic E-state index is 0.341. The largest absolute Gasteiger partial charge is 0.497 e. The summed E-state index contributed by atoms with van der Waals surface area (Å²) in [6.45, 7) is 1.71. The first-order valence-electron chi connectivity index (χ1n) is 4.87. The predicted octanol–water partition coefficient (Wildman–Crippen LogP) is 1.67. The van der Waals surface area contributed by atoms with Crippen molar-refractivity contribution in [2.45, 2.75) is 23.5 Å². The normalized spacial score (nSPS) is 14.1. The standard InChI is InChI=1S/C11H14O4S/c1-3-10(11(12)13)16(14)9-6-4-8(15-2)5-7-9/h4-7,10H,3H2,1-2H3,(H,12,13). The average Bonchev–Trinajstić information content (AvgIpc) is 2.29. The third kappa shape index (κ3) is 2.82. The van der Waals surface area contributed by atoms with E-state index < -0.39 is 22.0 Å². The minimum Gasteiger partial charge on any atom is -0.497 e. The van der Waals surface area contributed by atoms with Gasteiger partial charge < -0.3 is 9.84 Å². The molecule has 0 fully saturated rings. The molecule has 0 spiro atoms. The van der Waals surface area contributed by atoms with Gasteiger partial charge in [0.05, 0.1) is 17.9 Å². The van der Waals surface area contributed by atoms with E-state index in [2.05, 4.69) is 0 Å². The molecule has 1 aromatic rings. The van der Waals surface area contributed by atoms with Crippen molar-refractivity contribution >= 4 is 16.8 Å². The van der Waals surface area contributed by atoms with Crippen LogP contribution in [0.25, 0.3) is 0 Å². The SMILES string of the molecule is CCC(C(=O)O)S(=O)c1ccc(OC)cc1. The predicted molar refractivity (Wildman–Crippen MR) is 61.1 cm³/mol. The molecule has 1 rings (SSSR count).